The highest BCUT2D eigenvalue weighted by molar-refractivity contribution is 14.1. The maximum absolute atomic E-state index is 6.02. The van der Waals surface area contributed by atoms with Gasteiger partial charge in [0.05, 0.1) is 12.0 Å². The van der Waals surface area contributed by atoms with E-state index in [0.29, 0.717) is 6.61 Å². The fourth-order valence-corrected chi connectivity index (χ4v) is 1.95. The molecular formula is C12H17ClINO. The van der Waals surface area contributed by atoms with Crippen LogP contribution in [0.15, 0.2) is 24.3 Å². The molecule has 0 bridgehead atoms. The van der Waals surface area contributed by atoms with Crippen molar-refractivity contribution in [1.82, 2.24) is 5.32 Å². The van der Waals surface area contributed by atoms with E-state index >= 15 is 0 Å². The first kappa shape index (κ1) is 14.2. The molecule has 0 radical (unpaired) electrons. The Hall–Kier alpha value is 0.160. The van der Waals surface area contributed by atoms with Crippen molar-refractivity contribution in [3.8, 4) is 0 Å². The summed E-state index contributed by atoms with van der Waals surface area (Å²) < 4.78 is 6.24. The molecule has 1 aromatic carbocycles. The zero-order valence-corrected chi connectivity index (χ0v) is 12.3. The molecule has 1 atom stereocenters. The van der Waals surface area contributed by atoms with Gasteiger partial charge in [-0.1, -0.05) is 12.1 Å². The number of ether oxygens (including phenoxy) is 1. The third-order valence-electron chi connectivity index (χ3n) is 2.22. The lowest BCUT2D eigenvalue weighted by Gasteiger charge is -2.09. The monoisotopic (exact) mass is 353 g/mol. The van der Waals surface area contributed by atoms with Gasteiger partial charge in [0.25, 0.3) is 0 Å². The van der Waals surface area contributed by atoms with Crippen LogP contribution in [-0.4, -0.2) is 25.6 Å². The standard InChI is InChI=1S/C12H17ClINO/c1-16-9-11(13)6-7-15-8-10-2-4-12(14)5-3-10/h2-5,11,15H,6-9H2,1H3. The lowest BCUT2D eigenvalue weighted by atomic mass is 10.2. The molecule has 1 N–H and O–H groups in total. The van der Waals surface area contributed by atoms with Crippen LogP contribution >= 0.6 is 34.2 Å². The van der Waals surface area contributed by atoms with Crippen LogP contribution in [-0.2, 0) is 11.3 Å². The Morgan fingerprint density at radius 1 is 1.38 bits per heavy atom. The van der Waals surface area contributed by atoms with Crippen molar-refractivity contribution >= 4 is 34.2 Å². The van der Waals surface area contributed by atoms with Gasteiger partial charge in [0.1, 0.15) is 0 Å². The van der Waals surface area contributed by atoms with E-state index in [0.717, 1.165) is 19.5 Å². The van der Waals surface area contributed by atoms with Gasteiger partial charge >= 0.3 is 0 Å². The molecule has 0 fully saturated rings. The van der Waals surface area contributed by atoms with Crippen LogP contribution in [0.2, 0.25) is 0 Å². The zero-order chi connectivity index (χ0) is 11.8. The minimum absolute atomic E-state index is 0.106. The van der Waals surface area contributed by atoms with Gasteiger partial charge in [0.15, 0.2) is 0 Å². The fraction of sp³-hybridized carbons (Fsp3) is 0.500. The van der Waals surface area contributed by atoms with Crippen molar-refractivity contribution in [2.24, 2.45) is 0 Å². The highest BCUT2D eigenvalue weighted by atomic mass is 127. The van der Waals surface area contributed by atoms with Gasteiger partial charge in [-0.2, -0.15) is 0 Å². The topological polar surface area (TPSA) is 21.3 Å². The maximum atomic E-state index is 6.02. The fourth-order valence-electron chi connectivity index (χ4n) is 1.36. The third-order valence-corrected chi connectivity index (χ3v) is 3.29. The largest absolute Gasteiger partial charge is 0.383 e. The second-order valence-corrected chi connectivity index (χ2v) is 5.51. The molecule has 1 aromatic rings. The summed E-state index contributed by atoms with van der Waals surface area (Å²) in [7, 11) is 1.67. The number of hydrogen-bond acceptors (Lipinski definition) is 2. The van der Waals surface area contributed by atoms with Gasteiger partial charge in [-0.15, -0.1) is 11.6 Å². The van der Waals surface area contributed by atoms with E-state index in [4.69, 9.17) is 16.3 Å². The van der Waals surface area contributed by atoms with Crippen molar-refractivity contribution in [2.45, 2.75) is 18.3 Å². The second-order valence-electron chi connectivity index (χ2n) is 3.64. The first-order valence-corrected chi connectivity index (χ1v) is 6.82. The Labute approximate surface area is 116 Å². The van der Waals surface area contributed by atoms with Gasteiger partial charge in [-0.05, 0) is 53.3 Å². The Morgan fingerprint density at radius 3 is 2.69 bits per heavy atom. The summed E-state index contributed by atoms with van der Waals surface area (Å²) >= 11 is 8.33. The Bertz CT molecular complexity index is 292. The molecule has 0 spiro atoms. The van der Waals surface area contributed by atoms with Gasteiger partial charge in [0.2, 0.25) is 0 Å². The quantitative estimate of drug-likeness (QED) is 0.462. The highest BCUT2D eigenvalue weighted by Crippen LogP contribution is 2.06. The van der Waals surface area contributed by atoms with Crippen LogP contribution in [0.25, 0.3) is 0 Å². The molecule has 0 amide bonds. The van der Waals surface area contributed by atoms with Gasteiger partial charge < -0.3 is 10.1 Å². The van der Waals surface area contributed by atoms with Crippen molar-refractivity contribution in [3.05, 3.63) is 33.4 Å². The van der Waals surface area contributed by atoms with E-state index in [2.05, 4.69) is 52.2 Å². The molecule has 4 heteroatoms. The van der Waals surface area contributed by atoms with E-state index < -0.39 is 0 Å². The van der Waals surface area contributed by atoms with E-state index in [1.54, 1.807) is 7.11 Å². The summed E-state index contributed by atoms with van der Waals surface area (Å²) in [5, 5.41) is 3.47. The molecule has 16 heavy (non-hydrogen) atoms. The summed E-state index contributed by atoms with van der Waals surface area (Å²) in [6, 6.07) is 8.52. The predicted octanol–water partition coefficient (Wildman–Crippen LogP) is 3.02. The van der Waals surface area contributed by atoms with Crippen LogP contribution in [0.4, 0.5) is 0 Å². The molecule has 0 saturated carbocycles. The van der Waals surface area contributed by atoms with Gasteiger partial charge in [-0.25, -0.2) is 0 Å². The third kappa shape index (κ3) is 6.03. The SMILES string of the molecule is COCC(Cl)CCNCc1ccc(I)cc1. The van der Waals surface area contributed by atoms with Crippen molar-refractivity contribution < 1.29 is 4.74 Å². The minimum Gasteiger partial charge on any atom is -0.383 e. The molecule has 0 heterocycles. The van der Waals surface area contributed by atoms with Crippen LogP contribution in [0, 0.1) is 3.57 Å². The Balaban J connectivity index is 2.13. The molecule has 0 aliphatic rings. The number of alkyl halides is 1. The van der Waals surface area contributed by atoms with Crippen LogP contribution in [0.5, 0.6) is 0 Å². The van der Waals surface area contributed by atoms with Crippen LogP contribution in [0.3, 0.4) is 0 Å². The van der Waals surface area contributed by atoms with Crippen molar-refractivity contribution in [2.75, 3.05) is 20.3 Å². The molecule has 1 unspecified atom stereocenters. The Kier molecular flexibility index (Phi) is 7.36. The van der Waals surface area contributed by atoms with E-state index in [1.807, 2.05) is 0 Å². The molecule has 0 aromatic heterocycles. The van der Waals surface area contributed by atoms with E-state index in [-0.39, 0.29) is 5.38 Å². The molecule has 0 aliphatic carbocycles. The normalized spacial score (nSPS) is 12.7. The number of benzene rings is 1. The molecular weight excluding hydrogens is 336 g/mol. The zero-order valence-electron chi connectivity index (χ0n) is 9.38. The summed E-state index contributed by atoms with van der Waals surface area (Å²) in [5.41, 5.74) is 1.30. The first-order valence-electron chi connectivity index (χ1n) is 5.30. The van der Waals surface area contributed by atoms with E-state index in [9.17, 15) is 0 Å². The average Bonchev–Trinajstić information content (AvgIpc) is 2.27. The number of halogens is 2. The first-order chi connectivity index (χ1) is 7.72. The van der Waals surface area contributed by atoms with E-state index in [1.165, 1.54) is 9.13 Å². The predicted molar refractivity (Wildman–Crippen MR) is 77.0 cm³/mol. The van der Waals surface area contributed by atoms with Crippen LogP contribution in [0.1, 0.15) is 12.0 Å². The Morgan fingerprint density at radius 2 is 2.06 bits per heavy atom. The molecule has 1 rings (SSSR count). The summed E-state index contributed by atoms with van der Waals surface area (Å²) in [6.45, 7) is 2.43. The highest BCUT2D eigenvalue weighted by Gasteiger charge is 2.02. The lowest BCUT2D eigenvalue weighted by Crippen LogP contribution is -2.20. The summed E-state index contributed by atoms with van der Waals surface area (Å²) in [5.74, 6) is 0. The number of rotatable bonds is 7. The molecule has 0 aliphatic heterocycles. The van der Waals surface area contributed by atoms with Crippen molar-refractivity contribution in [1.29, 1.82) is 0 Å². The summed E-state index contributed by atoms with van der Waals surface area (Å²) in [4.78, 5) is 0. The number of nitrogens with one attached hydrogen (secondary N) is 1. The summed E-state index contributed by atoms with van der Waals surface area (Å²) in [6.07, 6.45) is 0.930. The minimum atomic E-state index is 0.106. The number of methoxy groups -OCH3 is 1. The molecule has 0 saturated heterocycles. The smallest absolute Gasteiger partial charge is 0.0626 e. The number of hydrogen-bond donors (Lipinski definition) is 1. The van der Waals surface area contributed by atoms with Crippen molar-refractivity contribution in [3.63, 3.8) is 0 Å². The molecule has 2 nitrogen and oxygen atoms in total. The van der Waals surface area contributed by atoms with Gasteiger partial charge in [-0.3, -0.25) is 0 Å². The lowest BCUT2D eigenvalue weighted by molar-refractivity contribution is 0.195. The molecule has 90 valence electrons. The second kappa shape index (κ2) is 8.28. The maximum Gasteiger partial charge on any atom is 0.0626 e. The average molecular weight is 354 g/mol. The van der Waals surface area contributed by atoms with Crippen LogP contribution < -0.4 is 5.32 Å². The van der Waals surface area contributed by atoms with Gasteiger partial charge in [0, 0.05) is 17.2 Å².